The van der Waals surface area contributed by atoms with Gasteiger partial charge in [0.25, 0.3) is 0 Å². The van der Waals surface area contributed by atoms with E-state index in [4.69, 9.17) is 0 Å². The molecule has 0 atom stereocenters. The van der Waals surface area contributed by atoms with Crippen LogP contribution in [-0.2, 0) is 9.90 Å². The van der Waals surface area contributed by atoms with E-state index in [2.05, 4.69) is 0 Å². The Balaban J connectivity index is 3.79. The molecule has 0 amide bonds. The molecule has 41 valence electrons. The van der Waals surface area contributed by atoms with E-state index in [-0.39, 0.29) is 0 Å². The number of hydrogen-bond acceptors (Lipinski definition) is 1. The highest BCUT2D eigenvalue weighted by Gasteiger charge is 2.29. The van der Waals surface area contributed by atoms with Crippen molar-refractivity contribution in [3.8, 4) is 0 Å². The van der Waals surface area contributed by atoms with E-state index in [0.717, 1.165) is 0 Å². The van der Waals surface area contributed by atoms with E-state index in [0.29, 0.717) is 0 Å². The molecule has 0 unspecified atom stereocenters. The lowest BCUT2D eigenvalue weighted by Gasteiger charge is -1.98. The third-order valence-corrected chi connectivity index (χ3v) is 1.55. The fraction of sp³-hybridized carbons (Fsp3) is 0.500. The van der Waals surface area contributed by atoms with Gasteiger partial charge in [0.1, 0.15) is 0 Å². The predicted molar refractivity (Wildman–Crippen MR) is 50.5 cm³/mol. The van der Waals surface area contributed by atoms with Crippen molar-refractivity contribution in [3.05, 3.63) is 0 Å². The van der Waals surface area contributed by atoms with E-state index < -0.39 is 5.40 Å². The van der Waals surface area contributed by atoms with Gasteiger partial charge in [-0.3, -0.25) is 0 Å². The highest BCUT2D eigenvalue weighted by Crippen LogP contribution is 2.35. The molecule has 0 N–H and O–H groups in total. The fourth-order valence-electron chi connectivity index (χ4n) is 0. The normalized spacial score (nSPS) is 11.3. The first-order valence-electron chi connectivity index (χ1n) is 1.23. The predicted octanol–water partition coefficient (Wildman–Crippen LogP) is 1.90. The number of halogens is 3. The summed E-state index contributed by atoms with van der Waals surface area (Å²) in [5.74, 6) is -1.05. The first-order valence-corrected chi connectivity index (χ1v) is 4.46. The first kappa shape index (κ1) is 8.66. The molecule has 0 aromatic carbocycles. The Morgan fingerprint density at radius 3 is 1.43 bits per heavy atom. The lowest BCUT2D eigenvalue weighted by atomic mass is 10.8. The minimum Gasteiger partial charge on any atom is -0.244 e. The first-order chi connectivity index (χ1) is 2.94. The SMILES string of the molecule is [O]C(=O)C(I)(I)I. The van der Waals surface area contributed by atoms with Gasteiger partial charge < -0.3 is 0 Å². The molecule has 1 radical (unpaired) electrons. The number of carbonyl (C=O) groups excluding carboxylic acids is 1. The Morgan fingerprint density at radius 1 is 1.29 bits per heavy atom. The molecular formula is C2I3O2. The van der Waals surface area contributed by atoms with Crippen LogP contribution in [-0.4, -0.2) is 5.40 Å². The summed E-state index contributed by atoms with van der Waals surface area (Å²) in [5, 5.41) is 9.89. The van der Waals surface area contributed by atoms with Gasteiger partial charge in [0, 0.05) is 0 Å². The highest BCUT2D eigenvalue weighted by molar-refractivity contribution is 14.3. The zero-order valence-corrected chi connectivity index (χ0v) is 9.42. The number of alkyl halides is 3. The molecule has 7 heavy (non-hydrogen) atoms. The van der Waals surface area contributed by atoms with Crippen LogP contribution in [0.2, 0.25) is 0 Å². The number of carbonyl (C=O) groups is 1. The van der Waals surface area contributed by atoms with E-state index in [1.807, 2.05) is 0 Å². The molecule has 0 aliphatic rings. The molecule has 2 nitrogen and oxygen atoms in total. The number of rotatable bonds is 1. The fourth-order valence-corrected chi connectivity index (χ4v) is 0. The average molecular weight is 437 g/mol. The number of hydrogen-bond donors (Lipinski definition) is 0. The van der Waals surface area contributed by atoms with Crippen molar-refractivity contribution in [2.75, 3.05) is 0 Å². The lowest BCUT2D eigenvalue weighted by Crippen LogP contribution is -2.12. The van der Waals surface area contributed by atoms with Crippen molar-refractivity contribution < 1.29 is 9.90 Å². The second kappa shape index (κ2) is 2.99. The molecule has 0 aromatic rings. The summed E-state index contributed by atoms with van der Waals surface area (Å²) < 4.78 is -0.784. The maximum absolute atomic E-state index is 9.89. The van der Waals surface area contributed by atoms with E-state index in [9.17, 15) is 9.90 Å². The summed E-state index contributed by atoms with van der Waals surface area (Å²) in [6, 6.07) is 0. The molecule has 0 aliphatic heterocycles. The Kier molecular flexibility index (Phi) is 3.70. The van der Waals surface area contributed by atoms with Crippen LogP contribution in [0.15, 0.2) is 0 Å². The molecule has 0 saturated carbocycles. The van der Waals surface area contributed by atoms with Crippen molar-refractivity contribution in [2.24, 2.45) is 0 Å². The Labute approximate surface area is 81.8 Å². The second-order valence-electron chi connectivity index (χ2n) is 0.785. The van der Waals surface area contributed by atoms with Gasteiger partial charge in [-0.15, -0.1) is 0 Å². The van der Waals surface area contributed by atoms with Gasteiger partial charge in [0.15, 0.2) is 0 Å². The lowest BCUT2D eigenvalue weighted by molar-refractivity contribution is -0.140. The molecule has 0 spiro atoms. The molecule has 0 aliphatic carbocycles. The molecule has 0 bridgehead atoms. The maximum Gasteiger partial charge on any atom is 0.390 e. The maximum atomic E-state index is 9.89. The van der Waals surface area contributed by atoms with E-state index in [1.165, 1.54) is 0 Å². The molecule has 0 aromatic heterocycles. The van der Waals surface area contributed by atoms with Gasteiger partial charge in [0.05, 0.1) is 0 Å². The Hall–Kier alpha value is 1.66. The van der Waals surface area contributed by atoms with Gasteiger partial charge in [-0.2, -0.15) is 0 Å². The summed E-state index contributed by atoms with van der Waals surface area (Å²) in [6.07, 6.45) is 0. The van der Waals surface area contributed by atoms with Gasteiger partial charge in [0.2, 0.25) is -0.565 Å². The Bertz CT molecular complexity index is 83.4. The quantitative estimate of drug-likeness (QED) is 0.457. The van der Waals surface area contributed by atoms with Crippen molar-refractivity contribution in [1.82, 2.24) is 0 Å². The summed E-state index contributed by atoms with van der Waals surface area (Å²) in [4.78, 5) is 9.89. The van der Waals surface area contributed by atoms with Crippen molar-refractivity contribution in [3.63, 3.8) is 0 Å². The van der Waals surface area contributed by atoms with Gasteiger partial charge in [-0.1, -0.05) is 0 Å². The largest absolute Gasteiger partial charge is 0.390 e. The summed E-state index contributed by atoms with van der Waals surface area (Å²) in [7, 11) is 0. The highest BCUT2D eigenvalue weighted by atomic mass is 127. The monoisotopic (exact) mass is 437 g/mol. The van der Waals surface area contributed by atoms with Gasteiger partial charge >= 0.3 is 5.97 Å². The molecule has 5 heteroatoms. The average Bonchev–Trinajstić information content (AvgIpc) is 1.31. The van der Waals surface area contributed by atoms with E-state index >= 15 is 0 Å². The second-order valence-corrected chi connectivity index (χ2v) is 11.8. The Morgan fingerprint density at radius 2 is 1.43 bits per heavy atom. The molecule has 0 fully saturated rings. The van der Waals surface area contributed by atoms with Crippen LogP contribution in [0.4, 0.5) is 0 Å². The molecular weight excluding hydrogens is 437 g/mol. The molecule has 0 saturated heterocycles. The van der Waals surface area contributed by atoms with Crippen molar-refractivity contribution in [2.45, 2.75) is -0.565 Å². The molecule has 0 heterocycles. The van der Waals surface area contributed by atoms with Gasteiger partial charge in [-0.25, -0.2) is 9.90 Å². The zero-order valence-electron chi connectivity index (χ0n) is 2.95. The zero-order chi connectivity index (χ0) is 6.08. The van der Waals surface area contributed by atoms with Crippen LogP contribution in [0.1, 0.15) is 0 Å². The van der Waals surface area contributed by atoms with E-state index in [1.54, 1.807) is 67.8 Å². The van der Waals surface area contributed by atoms with Crippen LogP contribution in [0.25, 0.3) is 0 Å². The van der Waals surface area contributed by atoms with Crippen LogP contribution in [0, 0.1) is 0 Å². The van der Waals surface area contributed by atoms with Gasteiger partial charge in [-0.05, 0) is 67.8 Å². The van der Waals surface area contributed by atoms with Crippen LogP contribution < -0.4 is 0 Å². The summed E-state index contributed by atoms with van der Waals surface area (Å²) >= 11 is 5.33. The van der Waals surface area contributed by atoms with Crippen LogP contribution >= 0.6 is 67.8 Å². The van der Waals surface area contributed by atoms with Crippen LogP contribution in [0.3, 0.4) is 0 Å². The summed E-state index contributed by atoms with van der Waals surface area (Å²) in [6.45, 7) is 0. The minimum absolute atomic E-state index is 0.784. The summed E-state index contributed by atoms with van der Waals surface area (Å²) in [5.41, 5.74) is 0. The topological polar surface area (TPSA) is 37.0 Å². The van der Waals surface area contributed by atoms with Crippen LogP contribution in [0.5, 0.6) is 0 Å². The standard InChI is InChI=1S/C2I3O2/c3-2(4,5)1(6)7. The third-order valence-electron chi connectivity index (χ3n) is 0.231. The van der Waals surface area contributed by atoms with Crippen molar-refractivity contribution >= 4 is 73.7 Å². The minimum atomic E-state index is -1.05. The third kappa shape index (κ3) is 4.18. The molecule has 0 rings (SSSR count). The smallest absolute Gasteiger partial charge is 0.244 e. The van der Waals surface area contributed by atoms with Crippen molar-refractivity contribution in [1.29, 1.82) is 0 Å².